The van der Waals surface area contributed by atoms with Crippen LogP contribution in [0.2, 0.25) is 0 Å². The van der Waals surface area contributed by atoms with E-state index in [1.807, 2.05) is 0 Å². The molecule has 68 valence electrons. The van der Waals surface area contributed by atoms with Crippen LogP contribution < -0.4 is 0 Å². The normalized spacial score (nSPS) is 31.4. The molecule has 0 bridgehead atoms. The molecular weight excluding hydrogens is 148 g/mol. The molecule has 0 amide bonds. The van der Waals surface area contributed by atoms with Gasteiger partial charge in [-0.2, -0.15) is 5.26 Å². The fraction of sp³-hybridized carbons (Fsp3) is 0.900. The molecule has 1 saturated heterocycles. The predicted molar refractivity (Wildman–Crippen MR) is 49.7 cm³/mol. The van der Waals surface area contributed by atoms with Crippen molar-refractivity contribution in [3.05, 3.63) is 0 Å². The van der Waals surface area contributed by atoms with Gasteiger partial charge in [-0.05, 0) is 25.7 Å². The van der Waals surface area contributed by atoms with Gasteiger partial charge in [-0.3, -0.25) is 4.90 Å². The summed E-state index contributed by atoms with van der Waals surface area (Å²) < 4.78 is 0. The van der Waals surface area contributed by atoms with Gasteiger partial charge in [-0.15, -0.1) is 0 Å². The van der Waals surface area contributed by atoms with E-state index < -0.39 is 0 Å². The molecule has 0 aromatic heterocycles. The Hall–Kier alpha value is -0.550. The SMILES string of the molecule is CC[C@H]1CC[C@@H](C)N(CC#N)C1. The molecule has 1 aliphatic heterocycles. The minimum atomic E-state index is 0.609. The minimum Gasteiger partial charge on any atom is -0.288 e. The molecule has 0 aliphatic carbocycles. The Bertz CT molecular complexity index is 171. The molecule has 0 aromatic rings. The van der Waals surface area contributed by atoms with E-state index in [0.717, 1.165) is 12.5 Å². The van der Waals surface area contributed by atoms with E-state index in [0.29, 0.717) is 12.6 Å². The lowest BCUT2D eigenvalue weighted by molar-refractivity contribution is 0.131. The summed E-state index contributed by atoms with van der Waals surface area (Å²) in [7, 11) is 0. The Balaban J connectivity index is 2.42. The molecule has 2 nitrogen and oxygen atoms in total. The summed E-state index contributed by atoms with van der Waals surface area (Å²) in [5, 5.41) is 8.60. The molecule has 0 aromatic carbocycles. The van der Waals surface area contributed by atoms with E-state index in [4.69, 9.17) is 5.26 Å². The summed E-state index contributed by atoms with van der Waals surface area (Å²) in [6.45, 7) is 6.21. The molecule has 0 N–H and O–H groups in total. The monoisotopic (exact) mass is 166 g/mol. The molecule has 0 spiro atoms. The smallest absolute Gasteiger partial charge is 0.0868 e. The molecule has 1 rings (SSSR count). The summed E-state index contributed by atoms with van der Waals surface area (Å²) in [4.78, 5) is 2.30. The van der Waals surface area contributed by atoms with E-state index in [1.165, 1.54) is 19.3 Å². The van der Waals surface area contributed by atoms with Gasteiger partial charge in [-0.25, -0.2) is 0 Å². The van der Waals surface area contributed by atoms with Crippen LogP contribution in [0.4, 0.5) is 0 Å². The number of likely N-dealkylation sites (tertiary alicyclic amines) is 1. The van der Waals surface area contributed by atoms with Crippen LogP contribution in [0.3, 0.4) is 0 Å². The number of nitrogens with zero attached hydrogens (tertiary/aromatic N) is 2. The fourth-order valence-electron chi connectivity index (χ4n) is 1.91. The highest BCUT2D eigenvalue weighted by Crippen LogP contribution is 2.23. The van der Waals surface area contributed by atoms with Crippen molar-refractivity contribution >= 4 is 0 Å². The lowest BCUT2D eigenvalue weighted by atomic mass is 9.92. The minimum absolute atomic E-state index is 0.609. The van der Waals surface area contributed by atoms with Gasteiger partial charge in [0, 0.05) is 12.6 Å². The largest absolute Gasteiger partial charge is 0.288 e. The van der Waals surface area contributed by atoms with Gasteiger partial charge in [0.05, 0.1) is 12.6 Å². The second kappa shape index (κ2) is 4.47. The molecule has 2 heteroatoms. The standard InChI is InChI=1S/C10H18N2/c1-3-10-5-4-9(2)12(8-10)7-6-11/h9-10H,3-5,7-8H2,1-2H3/t9-,10+/m1/s1. The van der Waals surface area contributed by atoms with Crippen molar-refractivity contribution in [2.45, 2.75) is 39.2 Å². The molecule has 2 atom stereocenters. The molecule has 1 aliphatic rings. The van der Waals surface area contributed by atoms with E-state index >= 15 is 0 Å². The van der Waals surface area contributed by atoms with Gasteiger partial charge < -0.3 is 0 Å². The van der Waals surface area contributed by atoms with Crippen LogP contribution in [0.25, 0.3) is 0 Å². The second-order valence-corrected chi connectivity index (χ2v) is 3.79. The highest BCUT2D eigenvalue weighted by Gasteiger charge is 2.23. The van der Waals surface area contributed by atoms with Crippen molar-refractivity contribution in [2.75, 3.05) is 13.1 Å². The van der Waals surface area contributed by atoms with Crippen molar-refractivity contribution in [1.82, 2.24) is 4.90 Å². The van der Waals surface area contributed by atoms with Gasteiger partial charge in [-0.1, -0.05) is 13.3 Å². The van der Waals surface area contributed by atoms with Crippen molar-refractivity contribution < 1.29 is 0 Å². The number of piperidine rings is 1. The van der Waals surface area contributed by atoms with Gasteiger partial charge in [0.2, 0.25) is 0 Å². The molecular formula is C10H18N2. The maximum Gasteiger partial charge on any atom is 0.0868 e. The Morgan fingerprint density at radius 3 is 2.83 bits per heavy atom. The van der Waals surface area contributed by atoms with Crippen LogP contribution in [0.5, 0.6) is 0 Å². The van der Waals surface area contributed by atoms with Crippen molar-refractivity contribution in [3.63, 3.8) is 0 Å². The van der Waals surface area contributed by atoms with Crippen LogP contribution in [0, 0.1) is 17.2 Å². The van der Waals surface area contributed by atoms with Crippen LogP contribution >= 0.6 is 0 Å². The lowest BCUT2D eigenvalue weighted by Crippen LogP contribution is -2.41. The van der Waals surface area contributed by atoms with E-state index in [1.54, 1.807) is 0 Å². The van der Waals surface area contributed by atoms with Crippen molar-refractivity contribution in [1.29, 1.82) is 5.26 Å². The number of nitriles is 1. The van der Waals surface area contributed by atoms with Crippen LogP contribution in [0.1, 0.15) is 33.1 Å². The van der Waals surface area contributed by atoms with Gasteiger partial charge in [0.25, 0.3) is 0 Å². The Morgan fingerprint density at radius 2 is 2.25 bits per heavy atom. The maximum absolute atomic E-state index is 8.60. The third-order valence-corrected chi connectivity index (χ3v) is 2.96. The molecule has 12 heavy (non-hydrogen) atoms. The summed E-state index contributed by atoms with van der Waals surface area (Å²) in [6.07, 6.45) is 3.87. The molecule has 0 radical (unpaired) electrons. The highest BCUT2D eigenvalue weighted by atomic mass is 15.2. The van der Waals surface area contributed by atoms with Gasteiger partial charge >= 0.3 is 0 Å². The van der Waals surface area contributed by atoms with Crippen LogP contribution in [-0.2, 0) is 0 Å². The van der Waals surface area contributed by atoms with Gasteiger partial charge in [0.1, 0.15) is 0 Å². The average Bonchev–Trinajstić information content (AvgIpc) is 2.09. The summed E-state index contributed by atoms with van der Waals surface area (Å²) in [6, 6.07) is 2.86. The lowest BCUT2D eigenvalue weighted by Gasteiger charge is -2.36. The van der Waals surface area contributed by atoms with Crippen LogP contribution in [0.15, 0.2) is 0 Å². The molecule has 1 heterocycles. The average molecular weight is 166 g/mol. The molecule has 0 unspecified atom stereocenters. The number of hydrogen-bond donors (Lipinski definition) is 0. The fourth-order valence-corrected chi connectivity index (χ4v) is 1.91. The van der Waals surface area contributed by atoms with Gasteiger partial charge in [0.15, 0.2) is 0 Å². The first kappa shape index (κ1) is 9.54. The first-order valence-corrected chi connectivity index (χ1v) is 4.89. The molecule has 0 saturated carbocycles. The van der Waals surface area contributed by atoms with Crippen molar-refractivity contribution in [3.8, 4) is 6.07 Å². The Morgan fingerprint density at radius 1 is 1.50 bits per heavy atom. The summed E-state index contributed by atoms with van der Waals surface area (Å²) in [5.41, 5.74) is 0. The first-order valence-electron chi connectivity index (χ1n) is 4.89. The summed E-state index contributed by atoms with van der Waals surface area (Å²) >= 11 is 0. The number of hydrogen-bond acceptors (Lipinski definition) is 2. The quantitative estimate of drug-likeness (QED) is 0.587. The topological polar surface area (TPSA) is 27.0 Å². The van der Waals surface area contributed by atoms with E-state index in [2.05, 4.69) is 24.8 Å². The van der Waals surface area contributed by atoms with Crippen LogP contribution in [-0.4, -0.2) is 24.0 Å². The van der Waals surface area contributed by atoms with E-state index in [-0.39, 0.29) is 0 Å². The van der Waals surface area contributed by atoms with E-state index in [9.17, 15) is 0 Å². The number of rotatable bonds is 2. The first-order chi connectivity index (χ1) is 5.77. The maximum atomic E-state index is 8.60. The van der Waals surface area contributed by atoms with Crippen molar-refractivity contribution in [2.24, 2.45) is 5.92 Å². The summed E-state index contributed by atoms with van der Waals surface area (Å²) in [5.74, 6) is 0.828. The third kappa shape index (κ3) is 2.22. The zero-order valence-electron chi connectivity index (χ0n) is 8.08. The Labute approximate surface area is 75.2 Å². The zero-order chi connectivity index (χ0) is 8.97. The predicted octanol–water partition coefficient (Wildman–Crippen LogP) is 2.02. The Kier molecular flexibility index (Phi) is 3.55. The zero-order valence-corrected chi connectivity index (χ0v) is 8.08. The molecule has 1 fully saturated rings. The third-order valence-electron chi connectivity index (χ3n) is 2.96. The second-order valence-electron chi connectivity index (χ2n) is 3.79. The highest BCUT2D eigenvalue weighted by molar-refractivity contribution is 4.85.